The molecule has 64 valence electrons. The molecular weight excluding hydrogens is 168 g/mol. The predicted molar refractivity (Wildman–Crippen MR) is 47.8 cm³/mol. The van der Waals surface area contributed by atoms with Crippen LogP contribution >= 0.6 is 0 Å². The number of aromatic amines is 1. The standard InChI is InChI=1S/C9H6N2O2/c12-5-6-1-2-7-4-10-9(13)11-8(7)3-6/h1-5H,(H,10,11,13). The van der Waals surface area contributed by atoms with Gasteiger partial charge in [0.2, 0.25) is 0 Å². The van der Waals surface area contributed by atoms with Crippen molar-refractivity contribution in [2.75, 3.05) is 0 Å². The maximum atomic E-state index is 10.8. The molecule has 2 aromatic rings. The van der Waals surface area contributed by atoms with Crippen LogP contribution in [0, 0.1) is 0 Å². The fraction of sp³-hybridized carbons (Fsp3) is 0. The van der Waals surface area contributed by atoms with Gasteiger partial charge in [-0.3, -0.25) is 4.79 Å². The fourth-order valence-corrected chi connectivity index (χ4v) is 1.14. The van der Waals surface area contributed by atoms with E-state index in [0.29, 0.717) is 11.1 Å². The summed E-state index contributed by atoms with van der Waals surface area (Å²) in [6.07, 6.45) is 2.21. The molecule has 0 fully saturated rings. The molecule has 0 aliphatic rings. The number of aromatic nitrogens is 2. The van der Waals surface area contributed by atoms with Crippen molar-refractivity contribution in [2.45, 2.75) is 0 Å². The zero-order valence-corrected chi connectivity index (χ0v) is 6.65. The van der Waals surface area contributed by atoms with Crippen molar-refractivity contribution in [2.24, 2.45) is 0 Å². The van der Waals surface area contributed by atoms with E-state index in [0.717, 1.165) is 11.7 Å². The average Bonchev–Trinajstić information content (AvgIpc) is 2.16. The molecule has 0 saturated heterocycles. The Balaban J connectivity index is 2.82. The zero-order valence-electron chi connectivity index (χ0n) is 6.65. The van der Waals surface area contributed by atoms with Crippen LogP contribution in [0.2, 0.25) is 0 Å². The molecule has 1 aromatic carbocycles. The van der Waals surface area contributed by atoms with Crippen LogP contribution in [0.25, 0.3) is 10.9 Å². The summed E-state index contributed by atoms with van der Waals surface area (Å²) >= 11 is 0. The maximum absolute atomic E-state index is 10.8. The summed E-state index contributed by atoms with van der Waals surface area (Å²) < 4.78 is 0. The summed E-state index contributed by atoms with van der Waals surface area (Å²) in [5.74, 6) is 0. The second-order valence-corrected chi connectivity index (χ2v) is 2.65. The van der Waals surface area contributed by atoms with Crippen LogP contribution in [0.1, 0.15) is 10.4 Å². The van der Waals surface area contributed by atoms with Crippen LogP contribution in [0.4, 0.5) is 0 Å². The normalized spacial score (nSPS) is 10.2. The van der Waals surface area contributed by atoms with Gasteiger partial charge in [0.05, 0.1) is 5.52 Å². The number of hydrogen-bond donors (Lipinski definition) is 1. The SMILES string of the molecule is O=Cc1ccc2cnc(=O)[nH]c2c1. The Kier molecular flexibility index (Phi) is 1.66. The fourth-order valence-electron chi connectivity index (χ4n) is 1.14. The van der Waals surface area contributed by atoms with Crippen molar-refractivity contribution in [1.82, 2.24) is 9.97 Å². The Morgan fingerprint density at radius 1 is 1.38 bits per heavy atom. The second-order valence-electron chi connectivity index (χ2n) is 2.65. The summed E-state index contributed by atoms with van der Waals surface area (Å²) in [5.41, 5.74) is 0.759. The number of carbonyl (C=O) groups excluding carboxylic acids is 1. The van der Waals surface area contributed by atoms with Gasteiger partial charge < -0.3 is 4.98 Å². The highest BCUT2D eigenvalue weighted by Gasteiger charge is 1.96. The first-order valence-corrected chi connectivity index (χ1v) is 3.74. The van der Waals surface area contributed by atoms with E-state index in [4.69, 9.17) is 0 Å². The van der Waals surface area contributed by atoms with Crippen molar-refractivity contribution in [1.29, 1.82) is 0 Å². The Hall–Kier alpha value is -1.97. The molecular formula is C9H6N2O2. The minimum Gasteiger partial charge on any atom is -0.305 e. The molecule has 1 aromatic heterocycles. The van der Waals surface area contributed by atoms with E-state index in [1.807, 2.05) is 0 Å². The molecule has 0 bridgehead atoms. The van der Waals surface area contributed by atoms with E-state index < -0.39 is 5.69 Å². The van der Waals surface area contributed by atoms with E-state index in [-0.39, 0.29) is 0 Å². The van der Waals surface area contributed by atoms with Gasteiger partial charge in [-0.05, 0) is 6.07 Å². The van der Waals surface area contributed by atoms with Gasteiger partial charge in [-0.25, -0.2) is 9.78 Å². The molecule has 13 heavy (non-hydrogen) atoms. The Morgan fingerprint density at radius 3 is 3.00 bits per heavy atom. The average molecular weight is 174 g/mol. The third-order valence-corrected chi connectivity index (χ3v) is 1.78. The van der Waals surface area contributed by atoms with Gasteiger partial charge in [0, 0.05) is 17.1 Å². The van der Waals surface area contributed by atoms with E-state index in [9.17, 15) is 9.59 Å². The molecule has 0 radical (unpaired) electrons. The lowest BCUT2D eigenvalue weighted by molar-refractivity contribution is 0.112. The highest BCUT2D eigenvalue weighted by atomic mass is 16.1. The lowest BCUT2D eigenvalue weighted by Gasteiger charge is -1.95. The van der Waals surface area contributed by atoms with Crippen LogP contribution in [0.15, 0.2) is 29.2 Å². The third kappa shape index (κ3) is 1.33. The highest BCUT2D eigenvalue weighted by Crippen LogP contribution is 2.09. The predicted octanol–water partition coefficient (Wildman–Crippen LogP) is 0.736. The summed E-state index contributed by atoms with van der Waals surface area (Å²) in [6, 6.07) is 5.03. The third-order valence-electron chi connectivity index (χ3n) is 1.78. The first-order valence-electron chi connectivity index (χ1n) is 3.74. The first-order chi connectivity index (χ1) is 6.29. The number of benzene rings is 1. The van der Waals surface area contributed by atoms with Gasteiger partial charge in [0.25, 0.3) is 0 Å². The van der Waals surface area contributed by atoms with Crippen LogP contribution in [-0.4, -0.2) is 16.3 Å². The Labute approximate surface area is 73.2 Å². The van der Waals surface area contributed by atoms with E-state index in [1.54, 1.807) is 18.2 Å². The van der Waals surface area contributed by atoms with E-state index in [2.05, 4.69) is 9.97 Å². The number of carbonyl (C=O) groups is 1. The number of rotatable bonds is 1. The molecule has 0 saturated carbocycles. The summed E-state index contributed by atoms with van der Waals surface area (Å²) in [7, 11) is 0. The van der Waals surface area contributed by atoms with E-state index in [1.165, 1.54) is 6.20 Å². The Bertz CT molecular complexity index is 516. The number of nitrogens with one attached hydrogen (secondary N) is 1. The van der Waals surface area contributed by atoms with Crippen LogP contribution in [0.5, 0.6) is 0 Å². The summed E-state index contributed by atoms with van der Waals surface area (Å²) in [4.78, 5) is 27.4. The first kappa shape index (κ1) is 7.67. The quantitative estimate of drug-likeness (QED) is 0.648. The number of fused-ring (bicyclic) bond motifs is 1. The van der Waals surface area contributed by atoms with Gasteiger partial charge in [0.15, 0.2) is 0 Å². The molecule has 0 spiro atoms. The molecule has 4 nitrogen and oxygen atoms in total. The van der Waals surface area contributed by atoms with Crippen molar-refractivity contribution < 1.29 is 4.79 Å². The number of hydrogen-bond acceptors (Lipinski definition) is 3. The topological polar surface area (TPSA) is 62.8 Å². The van der Waals surface area contributed by atoms with Gasteiger partial charge >= 0.3 is 5.69 Å². The van der Waals surface area contributed by atoms with Crippen molar-refractivity contribution in [3.63, 3.8) is 0 Å². The Morgan fingerprint density at radius 2 is 2.23 bits per heavy atom. The molecule has 0 aliphatic heterocycles. The minimum atomic E-state index is -0.407. The molecule has 1 heterocycles. The highest BCUT2D eigenvalue weighted by molar-refractivity contribution is 5.85. The summed E-state index contributed by atoms with van der Waals surface area (Å²) in [5, 5.41) is 0.810. The molecule has 1 N–H and O–H groups in total. The maximum Gasteiger partial charge on any atom is 0.345 e. The van der Waals surface area contributed by atoms with Crippen LogP contribution < -0.4 is 5.69 Å². The molecule has 2 rings (SSSR count). The van der Waals surface area contributed by atoms with Gasteiger partial charge in [-0.2, -0.15) is 0 Å². The zero-order chi connectivity index (χ0) is 9.26. The van der Waals surface area contributed by atoms with Gasteiger partial charge in [0.1, 0.15) is 6.29 Å². The number of aldehydes is 1. The van der Waals surface area contributed by atoms with Crippen LogP contribution in [0.3, 0.4) is 0 Å². The van der Waals surface area contributed by atoms with Crippen molar-refractivity contribution in [3.05, 3.63) is 40.4 Å². The molecule has 0 aliphatic carbocycles. The lowest BCUT2D eigenvalue weighted by Crippen LogP contribution is -2.08. The van der Waals surface area contributed by atoms with Gasteiger partial charge in [-0.15, -0.1) is 0 Å². The van der Waals surface area contributed by atoms with Crippen LogP contribution in [-0.2, 0) is 0 Å². The minimum absolute atomic E-state index is 0.407. The van der Waals surface area contributed by atoms with Gasteiger partial charge in [-0.1, -0.05) is 12.1 Å². The molecule has 4 heteroatoms. The van der Waals surface area contributed by atoms with E-state index >= 15 is 0 Å². The number of H-pyrrole nitrogens is 1. The number of nitrogens with zero attached hydrogens (tertiary/aromatic N) is 1. The molecule has 0 amide bonds. The molecule has 0 unspecified atom stereocenters. The second kappa shape index (κ2) is 2.82. The lowest BCUT2D eigenvalue weighted by atomic mass is 10.2. The van der Waals surface area contributed by atoms with Crippen molar-refractivity contribution in [3.8, 4) is 0 Å². The smallest absolute Gasteiger partial charge is 0.305 e. The monoisotopic (exact) mass is 174 g/mol. The summed E-state index contributed by atoms with van der Waals surface area (Å²) in [6.45, 7) is 0. The largest absolute Gasteiger partial charge is 0.345 e. The van der Waals surface area contributed by atoms with Crippen molar-refractivity contribution >= 4 is 17.2 Å². The molecule has 0 atom stereocenters.